The largest absolute Gasteiger partial charge is 0.314 e. The van der Waals surface area contributed by atoms with E-state index in [1.165, 1.54) is 12.7 Å². The molecule has 1 saturated carbocycles. The van der Waals surface area contributed by atoms with Crippen molar-refractivity contribution >= 4 is 9.84 Å². The first-order valence-electron chi connectivity index (χ1n) is 6.78. The molecule has 0 bridgehead atoms. The van der Waals surface area contributed by atoms with Crippen LogP contribution in [0.15, 0.2) is 0 Å². The van der Waals surface area contributed by atoms with Gasteiger partial charge >= 0.3 is 0 Å². The van der Waals surface area contributed by atoms with Gasteiger partial charge in [0, 0.05) is 12.3 Å². The highest BCUT2D eigenvalue weighted by Gasteiger charge is 2.33. The molecule has 102 valence electrons. The molecule has 0 amide bonds. The molecule has 0 heterocycles. The predicted octanol–water partition coefficient (Wildman–Crippen LogP) is 2.22. The summed E-state index contributed by atoms with van der Waals surface area (Å²) in [7, 11) is -2.86. The lowest BCUT2D eigenvalue weighted by Gasteiger charge is -2.36. The summed E-state index contributed by atoms with van der Waals surface area (Å²) in [6.45, 7) is 7.52. The SMILES string of the molecule is CCNC(C(C)C)C1CCCC(S(C)(=O)=O)C1. The molecule has 0 aliphatic heterocycles. The number of nitrogens with one attached hydrogen (secondary N) is 1. The maximum absolute atomic E-state index is 11.7. The van der Waals surface area contributed by atoms with Crippen LogP contribution in [0.2, 0.25) is 0 Å². The summed E-state index contributed by atoms with van der Waals surface area (Å²) < 4.78 is 23.3. The second-order valence-corrected chi connectivity index (χ2v) is 8.03. The van der Waals surface area contributed by atoms with Gasteiger partial charge in [-0.2, -0.15) is 0 Å². The van der Waals surface area contributed by atoms with Crippen LogP contribution in [0.1, 0.15) is 46.5 Å². The minimum atomic E-state index is -2.86. The Balaban J connectivity index is 2.70. The molecule has 0 spiro atoms. The van der Waals surface area contributed by atoms with Crippen molar-refractivity contribution in [3.63, 3.8) is 0 Å². The van der Waals surface area contributed by atoms with E-state index in [0.29, 0.717) is 17.9 Å². The smallest absolute Gasteiger partial charge is 0.150 e. The van der Waals surface area contributed by atoms with Gasteiger partial charge in [0.1, 0.15) is 9.84 Å². The Kier molecular flexibility index (Phi) is 5.45. The van der Waals surface area contributed by atoms with E-state index >= 15 is 0 Å². The Hall–Kier alpha value is -0.0900. The van der Waals surface area contributed by atoms with Crippen molar-refractivity contribution in [3.05, 3.63) is 0 Å². The highest BCUT2D eigenvalue weighted by molar-refractivity contribution is 7.91. The fourth-order valence-electron chi connectivity index (χ4n) is 3.08. The fraction of sp³-hybridized carbons (Fsp3) is 1.00. The Labute approximate surface area is 106 Å². The van der Waals surface area contributed by atoms with E-state index in [0.717, 1.165) is 25.8 Å². The molecule has 1 aliphatic rings. The molecule has 0 aromatic rings. The van der Waals surface area contributed by atoms with Crippen LogP contribution in [0, 0.1) is 11.8 Å². The summed E-state index contributed by atoms with van der Waals surface area (Å²) in [4.78, 5) is 0. The number of hydrogen-bond acceptors (Lipinski definition) is 3. The summed E-state index contributed by atoms with van der Waals surface area (Å²) in [5.41, 5.74) is 0. The van der Waals surface area contributed by atoms with Gasteiger partial charge in [0.15, 0.2) is 0 Å². The molecule has 4 heteroatoms. The minimum absolute atomic E-state index is 0.110. The summed E-state index contributed by atoms with van der Waals surface area (Å²) in [5, 5.41) is 3.42. The first-order chi connectivity index (χ1) is 7.86. The van der Waals surface area contributed by atoms with Crippen LogP contribution in [0.4, 0.5) is 0 Å². The highest BCUT2D eigenvalue weighted by Crippen LogP contribution is 2.32. The normalized spacial score (nSPS) is 28.3. The van der Waals surface area contributed by atoms with E-state index in [9.17, 15) is 8.42 Å². The van der Waals surface area contributed by atoms with E-state index in [4.69, 9.17) is 0 Å². The molecule has 3 atom stereocenters. The lowest BCUT2D eigenvalue weighted by atomic mass is 9.79. The molecule has 1 N–H and O–H groups in total. The molecule has 0 aromatic carbocycles. The van der Waals surface area contributed by atoms with Gasteiger partial charge in [0.2, 0.25) is 0 Å². The van der Waals surface area contributed by atoms with Crippen molar-refractivity contribution in [2.75, 3.05) is 12.8 Å². The maximum Gasteiger partial charge on any atom is 0.150 e. The lowest BCUT2D eigenvalue weighted by Crippen LogP contribution is -2.44. The third kappa shape index (κ3) is 4.25. The molecule has 1 aliphatic carbocycles. The lowest BCUT2D eigenvalue weighted by molar-refractivity contribution is 0.227. The van der Waals surface area contributed by atoms with Gasteiger partial charge in [-0.05, 0) is 37.6 Å². The van der Waals surface area contributed by atoms with E-state index in [2.05, 4.69) is 26.1 Å². The molecule has 17 heavy (non-hydrogen) atoms. The first-order valence-corrected chi connectivity index (χ1v) is 8.74. The summed E-state index contributed by atoms with van der Waals surface area (Å²) in [6, 6.07) is 0.463. The molecular weight excluding hydrogens is 234 g/mol. The first kappa shape index (κ1) is 15.0. The second kappa shape index (κ2) is 6.19. The van der Waals surface area contributed by atoms with E-state index in [1.807, 2.05) is 0 Å². The van der Waals surface area contributed by atoms with E-state index in [1.54, 1.807) is 0 Å². The van der Waals surface area contributed by atoms with Crippen LogP contribution in [-0.4, -0.2) is 32.5 Å². The van der Waals surface area contributed by atoms with Crippen LogP contribution < -0.4 is 5.32 Å². The van der Waals surface area contributed by atoms with Crippen LogP contribution >= 0.6 is 0 Å². The number of rotatable bonds is 5. The maximum atomic E-state index is 11.7. The van der Waals surface area contributed by atoms with Crippen LogP contribution in [-0.2, 0) is 9.84 Å². The second-order valence-electron chi connectivity index (χ2n) is 5.71. The Morgan fingerprint density at radius 3 is 2.41 bits per heavy atom. The number of hydrogen-bond donors (Lipinski definition) is 1. The highest BCUT2D eigenvalue weighted by atomic mass is 32.2. The number of sulfone groups is 1. The molecule has 3 unspecified atom stereocenters. The summed E-state index contributed by atoms with van der Waals surface area (Å²) in [6.07, 6.45) is 5.30. The van der Waals surface area contributed by atoms with Crippen LogP contribution in [0.25, 0.3) is 0 Å². The van der Waals surface area contributed by atoms with Crippen molar-refractivity contribution in [1.82, 2.24) is 5.32 Å². The topological polar surface area (TPSA) is 46.2 Å². The van der Waals surface area contributed by atoms with Crippen molar-refractivity contribution < 1.29 is 8.42 Å². The molecule has 0 saturated heterocycles. The molecule has 0 aromatic heterocycles. The average molecular weight is 261 g/mol. The Morgan fingerprint density at radius 1 is 1.29 bits per heavy atom. The van der Waals surface area contributed by atoms with Gasteiger partial charge < -0.3 is 5.32 Å². The van der Waals surface area contributed by atoms with Gasteiger partial charge in [-0.25, -0.2) is 8.42 Å². The van der Waals surface area contributed by atoms with E-state index < -0.39 is 9.84 Å². The van der Waals surface area contributed by atoms with Gasteiger partial charge in [0.25, 0.3) is 0 Å². The molecular formula is C13H27NO2S. The third-order valence-electron chi connectivity index (χ3n) is 3.94. The molecule has 0 radical (unpaired) electrons. The van der Waals surface area contributed by atoms with Crippen molar-refractivity contribution in [1.29, 1.82) is 0 Å². The van der Waals surface area contributed by atoms with E-state index in [-0.39, 0.29) is 5.25 Å². The van der Waals surface area contributed by atoms with Gasteiger partial charge in [-0.1, -0.05) is 27.2 Å². The summed E-state index contributed by atoms with van der Waals surface area (Å²) >= 11 is 0. The van der Waals surface area contributed by atoms with Gasteiger partial charge in [0.05, 0.1) is 5.25 Å². The quantitative estimate of drug-likeness (QED) is 0.825. The zero-order valence-corrected chi connectivity index (χ0v) is 12.4. The Morgan fingerprint density at radius 2 is 1.94 bits per heavy atom. The Bertz CT molecular complexity index is 324. The van der Waals surface area contributed by atoms with Crippen molar-refractivity contribution in [2.24, 2.45) is 11.8 Å². The molecule has 3 nitrogen and oxygen atoms in total. The summed E-state index contributed by atoms with van der Waals surface area (Å²) in [5.74, 6) is 1.08. The zero-order valence-electron chi connectivity index (χ0n) is 11.6. The fourth-order valence-corrected chi connectivity index (χ4v) is 4.27. The standard InChI is InChI=1S/C13H27NO2S/c1-5-14-13(10(2)3)11-7-6-8-12(9-11)17(4,15)16/h10-14H,5-9H2,1-4H3. The van der Waals surface area contributed by atoms with Crippen LogP contribution in [0.3, 0.4) is 0 Å². The minimum Gasteiger partial charge on any atom is -0.314 e. The van der Waals surface area contributed by atoms with Crippen molar-refractivity contribution in [2.45, 2.75) is 57.7 Å². The zero-order chi connectivity index (χ0) is 13.1. The molecule has 1 rings (SSSR count). The van der Waals surface area contributed by atoms with Gasteiger partial charge in [-0.3, -0.25) is 0 Å². The predicted molar refractivity (Wildman–Crippen MR) is 72.9 cm³/mol. The third-order valence-corrected chi connectivity index (χ3v) is 5.58. The molecule has 1 fully saturated rings. The van der Waals surface area contributed by atoms with Crippen molar-refractivity contribution in [3.8, 4) is 0 Å². The average Bonchev–Trinajstić information content (AvgIpc) is 2.24. The van der Waals surface area contributed by atoms with Gasteiger partial charge in [-0.15, -0.1) is 0 Å². The van der Waals surface area contributed by atoms with Crippen LogP contribution in [0.5, 0.6) is 0 Å². The monoisotopic (exact) mass is 261 g/mol.